The molecule has 0 spiro atoms. The first-order valence-corrected chi connectivity index (χ1v) is 5.21. The molecule has 1 saturated heterocycles. The standard InChI is InChI=1S/C10H20N2O3/c1-8-7-15-9(6-13)4-12(8)5-10(14)11(2)3/h8-9,13H,4-7H2,1-3H3. The van der Waals surface area contributed by atoms with Gasteiger partial charge >= 0.3 is 0 Å². The summed E-state index contributed by atoms with van der Waals surface area (Å²) in [6.07, 6.45) is -0.156. The van der Waals surface area contributed by atoms with Gasteiger partial charge in [0.25, 0.3) is 0 Å². The summed E-state index contributed by atoms with van der Waals surface area (Å²) in [5, 5.41) is 8.99. The van der Waals surface area contributed by atoms with E-state index in [2.05, 4.69) is 0 Å². The number of carbonyl (C=O) groups is 1. The van der Waals surface area contributed by atoms with Gasteiger partial charge in [-0.15, -0.1) is 0 Å². The van der Waals surface area contributed by atoms with Crippen molar-refractivity contribution in [2.24, 2.45) is 0 Å². The van der Waals surface area contributed by atoms with E-state index < -0.39 is 0 Å². The fourth-order valence-electron chi connectivity index (χ4n) is 1.52. The third kappa shape index (κ3) is 3.44. The summed E-state index contributed by atoms with van der Waals surface area (Å²) in [6.45, 7) is 3.63. The third-order valence-corrected chi connectivity index (χ3v) is 2.68. The van der Waals surface area contributed by atoms with Crippen LogP contribution in [0.25, 0.3) is 0 Å². The molecule has 15 heavy (non-hydrogen) atoms. The van der Waals surface area contributed by atoms with Gasteiger partial charge in [0.2, 0.25) is 5.91 Å². The van der Waals surface area contributed by atoms with Crippen LogP contribution in [-0.2, 0) is 9.53 Å². The van der Waals surface area contributed by atoms with E-state index in [9.17, 15) is 4.79 Å². The van der Waals surface area contributed by atoms with Gasteiger partial charge in [-0.2, -0.15) is 0 Å². The van der Waals surface area contributed by atoms with Crippen molar-refractivity contribution < 1.29 is 14.6 Å². The van der Waals surface area contributed by atoms with Gasteiger partial charge in [-0.05, 0) is 6.92 Å². The molecule has 1 amide bonds. The fraction of sp³-hybridized carbons (Fsp3) is 0.900. The molecule has 1 aliphatic rings. The van der Waals surface area contributed by atoms with Crippen LogP contribution >= 0.6 is 0 Å². The molecule has 0 radical (unpaired) electrons. The number of morpholine rings is 1. The SMILES string of the molecule is CC1COC(CO)CN1CC(=O)N(C)C. The summed E-state index contributed by atoms with van der Waals surface area (Å²) in [5.41, 5.74) is 0. The van der Waals surface area contributed by atoms with Crippen LogP contribution in [0.2, 0.25) is 0 Å². The number of rotatable bonds is 3. The highest BCUT2D eigenvalue weighted by molar-refractivity contribution is 5.77. The zero-order valence-corrected chi connectivity index (χ0v) is 9.64. The average Bonchev–Trinajstić information content (AvgIpc) is 2.21. The number of aliphatic hydroxyl groups is 1. The van der Waals surface area contributed by atoms with Crippen LogP contribution in [0.3, 0.4) is 0 Å². The molecule has 1 fully saturated rings. The second kappa shape index (κ2) is 5.44. The minimum absolute atomic E-state index is 0.0133. The highest BCUT2D eigenvalue weighted by Crippen LogP contribution is 2.11. The van der Waals surface area contributed by atoms with E-state index in [-0.39, 0.29) is 24.7 Å². The number of ether oxygens (including phenoxy) is 1. The Labute approximate surface area is 90.6 Å². The maximum absolute atomic E-state index is 11.5. The Bertz CT molecular complexity index is 221. The highest BCUT2D eigenvalue weighted by Gasteiger charge is 2.27. The lowest BCUT2D eigenvalue weighted by Gasteiger charge is -2.37. The van der Waals surface area contributed by atoms with Crippen LogP contribution in [0.1, 0.15) is 6.92 Å². The van der Waals surface area contributed by atoms with E-state index in [0.29, 0.717) is 19.7 Å². The first kappa shape index (κ1) is 12.4. The lowest BCUT2D eigenvalue weighted by atomic mass is 10.2. The molecular weight excluding hydrogens is 196 g/mol. The van der Waals surface area contributed by atoms with Gasteiger partial charge in [-0.1, -0.05) is 0 Å². The van der Waals surface area contributed by atoms with Crippen molar-refractivity contribution in [2.45, 2.75) is 19.1 Å². The maximum atomic E-state index is 11.5. The van der Waals surface area contributed by atoms with Gasteiger partial charge in [-0.25, -0.2) is 0 Å². The summed E-state index contributed by atoms with van der Waals surface area (Å²) in [5.74, 6) is 0.0837. The summed E-state index contributed by atoms with van der Waals surface area (Å²) >= 11 is 0. The van der Waals surface area contributed by atoms with Gasteiger partial charge in [0.15, 0.2) is 0 Å². The van der Waals surface area contributed by atoms with E-state index >= 15 is 0 Å². The number of nitrogens with zero attached hydrogens (tertiary/aromatic N) is 2. The van der Waals surface area contributed by atoms with Gasteiger partial charge in [0.1, 0.15) is 0 Å². The minimum atomic E-state index is -0.156. The number of hydrogen-bond donors (Lipinski definition) is 1. The summed E-state index contributed by atoms with van der Waals surface area (Å²) < 4.78 is 5.40. The van der Waals surface area contributed by atoms with E-state index in [0.717, 1.165) is 0 Å². The van der Waals surface area contributed by atoms with Crippen molar-refractivity contribution in [3.63, 3.8) is 0 Å². The van der Waals surface area contributed by atoms with Crippen molar-refractivity contribution in [2.75, 3.05) is 40.4 Å². The minimum Gasteiger partial charge on any atom is -0.394 e. The molecule has 1 N–H and O–H groups in total. The molecule has 1 heterocycles. The number of hydrogen-bond acceptors (Lipinski definition) is 4. The Morgan fingerprint density at radius 2 is 2.27 bits per heavy atom. The summed E-state index contributed by atoms with van der Waals surface area (Å²) in [6, 6.07) is 0.233. The van der Waals surface area contributed by atoms with Gasteiger partial charge < -0.3 is 14.7 Å². The zero-order chi connectivity index (χ0) is 11.4. The molecule has 88 valence electrons. The third-order valence-electron chi connectivity index (χ3n) is 2.68. The number of amides is 1. The van der Waals surface area contributed by atoms with E-state index in [4.69, 9.17) is 9.84 Å². The van der Waals surface area contributed by atoms with Crippen molar-refractivity contribution >= 4 is 5.91 Å². The lowest BCUT2D eigenvalue weighted by Crippen LogP contribution is -2.52. The number of likely N-dealkylation sites (N-methyl/N-ethyl adjacent to an activating group) is 1. The van der Waals surface area contributed by atoms with E-state index in [1.165, 1.54) is 0 Å². The van der Waals surface area contributed by atoms with Gasteiger partial charge in [0.05, 0.1) is 25.9 Å². The predicted molar refractivity (Wildman–Crippen MR) is 56.6 cm³/mol. The molecule has 0 aromatic heterocycles. The normalized spacial score (nSPS) is 27.7. The predicted octanol–water partition coefficient (Wildman–Crippen LogP) is -0.844. The van der Waals surface area contributed by atoms with E-state index in [1.54, 1.807) is 19.0 Å². The fourth-order valence-corrected chi connectivity index (χ4v) is 1.52. The number of aliphatic hydroxyl groups excluding tert-OH is 1. The van der Waals surface area contributed by atoms with Crippen molar-refractivity contribution in [3.05, 3.63) is 0 Å². The quantitative estimate of drug-likeness (QED) is 0.668. The molecular formula is C10H20N2O3. The second-order valence-corrected chi connectivity index (χ2v) is 4.20. The Morgan fingerprint density at radius 1 is 1.60 bits per heavy atom. The summed E-state index contributed by atoms with van der Waals surface area (Å²) in [7, 11) is 3.49. The van der Waals surface area contributed by atoms with Gasteiger partial charge in [0, 0.05) is 26.7 Å². The Balaban J connectivity index is 2.47. The molecule has 0 aliphatic carbocycles. The molecule has 5 nitrogen and oxygen atoms in total. The van der Waals surface area contributed by atoms with Crippen molar-refractivity contribution in [3.8, 4) is 0 Å². The molecule has 5 heteroatoms. The molecule has 2 atom stereocenters. The molecule has 1 aliphatic heterocycles. The Morgan fingerprint density at radius 3 is 2.80 bits per heavy atom. The molecule has 0 bridgehead atoms. The van der Waals surface area contributed by atoms with Crippen LogP contribution in [0.15, 0.2) is 0 Å². The average molecular weight is 216 g/mol. The largest absolute Gasteiger partial charge is 0.394 e. The first-order valence-electron chi connectivity index (χ1n) is 5.21. The maximum Gasteiger partial charge on any atom is 0.236 e. The van der Waals surface area contributed by atoms with Gasteiger partial charge in [-0.3, -0.25) is 9.69 Å². The molecule has 2 unspecified atom stereocenters. The first-order chi connectivity index (χ1) is 7.04. The molecule has 0 aromatic carbocycles. The van der Waals surface area contributed by atoms with Crippen LogP contribution < -0.4 is 0 Å². The van der Waals surface area contributed by atoms with Crippen LogP contribution in [0.4, 0.5) is 0 Å². The second-order valence-electron chi connectivity index (χ2n) is 4.20. The lowest BCUT2D eigenvalue weighted by molar-refractivity contribution is -0.134. The molecule has 0 aromatic rings. The van der Waals surface area contributed by atoms with Crippen molar-refractivity contribution in [1.82, 2.24) is 9.80 Å². The molecule has 1 rings (SSSR count). The number of carbonyl (C=O) groups excluding carboxylic acids is 1. The summed E-state index contributed by atoms with van der Waals surface area (Å²) in [4.78, 5) is 15.2. The topological polar surface area (TPSA) is 53.0 Å². The molecule has 0 saturated carbocycles. The van der Waals surface area contributed by atoms with Crippen LogP contribution in [-0.4, -0.2) is 73.4 Å². The Hall–Kier alpha value is -0.650. The van der Waals surface area contributed by atoms with Crippen LogP contribution in [0, 0.1) is 0 Å². The smallest absolute Gasteiger partial charge is 0.236 e. The highest BCUT2D eigenvalue weighted by atomic mass is 16.5. The zero-order valence-electron chi connectivity index (χ0n) is 9.64. The van der Waals surface area contributed by atoms with Crippen LogP contribution in [0.5, 0.6) is 0 Å². The Kier molecular flexibility index (Phi) is 4.50. The van der Waals surface area contributed by atoms with Crippen molar-refractivity contribution in [1.29, 1.82) is 0 Å². The monoisotopic (exact) mass is 216 g/mol. The van der Waals surface area contributed by atoms with E-state index in [1.807, 2.05) is 11.8 Å².